The molecule has 0 aromatic heterocycles. The van der Waals surface area contributed by atoms with Crippen LogP contribution >= 0.6 is 0 Å². The van der Waals surface area contributed by atoms with Crippen molar-refractivity contribution in [3.63, 3.8) is 0 Å². The van der Waals surface area contributed by atoms with Crippen molar-refractivity contribution in [2.24, 2.45) is 16.4 Å². The van der Waals surface area contributed by atoms with Crippen LogP contribution < -0.4 is 20.8 Å². The molecule has 3 rings (SSSR count). The third-order valence-corrected chi connectivity index (χ3v) is 5.08. The topological polar surface area (TPSA) is 104 Å². The predicted octanol–water partition coefficient (Wildman–Crippen LogP) is 2.56. The van der Waals surface area contributed by atoms with Gasteiger partial charge in [-0.15, -0.1) is 5.10 Å². The third kappa shape index (κ3) is 5.41. The number of amides is 1. The molecular weight excluding hydrogens is 372 g/mol. The van der Waals surface area contributed by atoms with Crippen molar-refractivity contribution < 1.29 is 19.4 Å². The number of aliphatic hydroxyl groups excluding tert-OH is 1. The van der Waals surface area contributed by atoms with Gasteiger partial charge in [0.25, 0.3) is 0 Å². The molecule has 1 aromatic rings. The summed E-state index contributed by atoms with van der Waals surface area (Å²) in [5.74, 6) is 1.20. The summed E-state index contributed by atoms with van der Waals surface area (Å²) in [6, 6.07) is 7.67. The molecule has 0 bridgehead atoms. The van der Waals surface area contributed by atoms with Crippen LogP contribution in [0, 0.1) is 11.3 Å². The van der Waals surface area contributed by atoms with E-state index < -0.39 is 5.41 Å². The lowest BCUT2D eigenvalue weighted by atomic mass is 9.87. The molecule has 2 aliphatic heterocycles. The lowest BCUT2D eigenvalue weighted by Crippen LogP contribution is -2.45. The van der Waals surface area contributed by atoms with Crippen LogP contribution in [0.5, 0.6) is 5.75 Å². The molecule has 1 unspecified atom stereocenters. The first-order valence-electron chi connectivity index (χ1n) is 10.0. The smallest absolute Gasteiger partial charge is 0.236 e. The SMILES string of the molecule is CCOc1ccc(C2NN=C(NC(=O)C(C)(C)/C=C(\O)C3CCOCC3)N2)cc1. The van der Waals surface area contributed by atoms with Crippen LogP contribution in [0.25, 0.3) is 0 Å². The minimum atomic E-state index is -0.885. The van der Waals surface area contributed by atoms with Crippen molar-refractivity contribution in [2.75, 3.05) is 19.8 Å². The van der Waals surface area contributed by atoms with Crippen molar-refractivity contribution in [3.8, 4) is 5.75 Å². The highest BCUT2D eigenvalue weighted by Gasteiger charge is 2.31. The first-order chi connectivity index (χ1) is 13.9. The zero-order valence-corrected chi connectivity index (χ0v) is 17.2. The summed E-state index contributed by atoms with van der Waals surface area (Å²) >= 11 is 0. The maximum absolute atomic E-state index is 12.7. The van der Waals surface area contributed by atoms with Gasteiger partial charge in [0.1, 0.15) is 11.9 Å². The van der Waals surface area contributed by atoms with Crippen LogP contribution in [-0.2, 0) is 9.53 Å². The highest BCUT2D eigenvalue weighted by molar-refractivity contribution is 6.00. The molecule has 0 radical (unpaired) electrons. The van der Waals surface area contributed by atoms with E-state index in [9.17, 15) is 9.90 Å². The van der Waals surface area contributed by atoms with E-state index in [1.165, 1.54) is 0 Å². The summed E-state index contributed by atoms with van der Waals surface area (Å²) in [5.41, 5.74) is 3.05. The molecule has 1 amide bonds. The van der Waals surface area contributed by atoms with E-state index in [0.29, 0.717) is 25.8 Å². The van der Waals surface area contributed by atoms with Crippen molar-refractivity contribution in [3.05, 3.63) is 41.7 Å². The first-order valence-corrected chi connectivity index (χ1v) is 10.0. The normalized spacial score (nSPS) is 20.4. The number of benzene rings is 1. The standard InChI is InChI=1S/C21H30N4O4/c1-4-29-16-7-5-15(6-8-16)18-22-20(25-24-18)23-19(27)21(2,3)13-17(26)14-9-11-28-12-10-14/h5-8,13-14,18,24,26H,4,9-12H2,1-3H3,(H2,22,23,25,27)/b17-13-. The maximum atomic E-state index is 12.7. The molecule has 1 fully saturated rings. The van der Waals surface area contributed by atoms with Gasteiger partial charge in [-0.1, -0.05) is 12.1 Å². The Morgan fingerprint density at radius 1 is 1.34 bits per heavy atom. The molecule has 1 atom stereocenters. The summed E-state index contributed by atoms with van der Waals surface area (Å²) in [5, 5.41) is 20.5. The summed E-state index contributed by atoms with van der Waals surface area (Å²) in [6.07, 6.45) is 2.92. The van der Waals surface area contributed by atoms with Crippen molar-refractivity contribution >= 4 is 11.9 Å². The monoisotopic (exact) mass is 402 g/mol. The maximum Gasteiger partial charge on any atom is 0.236 e. The summed E-state index contributed by atoms with van der Waals surface area (Å²) < 4.78 is 10.8. The predicted molar refractivity (Wildman–Crippen MR) is 110 cm³/mol. The number of hydrogen-bond acceptors (Lipinski definition) is 7. The van der Waals surface area contributed by atoms with E-state index in [1.54, 1.807) is 19.9 Å². The Morgan fingerprint density at radius 3 is 2.69 bits per heavy atom. The Kier molecular flexibility index (Phi) is 6.64. The average Bonchev–Trinajstić information content (AvgIpc) is 3.17. The van der Waals surface area contributed by atoms with Gasteiger partial charge < -0.3 is 19.9 Å². The first kappa shape index (κ1) is 21.0. The number of allylic oxidation sites excluding steroid dienone is 1. The van der Waals surface area contributed by atoms with Gasteiger partial charge in [0.05, 0.1) is 17.8 Å². The van der Waals surface area contributed by atoms with E-state index in [0.717, 1.165) is 24.2 Å². The largest absolute Gasteiger partial charge is 0.512 e. The highest BCUT2D eigenvalue weighted by atomic mass is 16.5. The molecule has 4 N–H and O–H groups in total. The van der Waals surface area contributed by atoms with E-state index in [-0.39, 0.29) is 23.8 Å². The molecule has 1 saturated heterocycles. The van der Waals surface area contributed by atoms with Gasteiger partial charge in [0.2, 0.25) is 11.9 Å². The van der Waals surface area contributed by atoms with Gasteiger partial charge >= 0.3 is 0 Å². The van der Waals surface area contributed by atoms with Gasteiger partial charge in [-0.2, -0.15) is 0 Å². The Labute approximate surface area is 171 Å². The lowest BCUT2D eigenvalue weighted by molar-refractivity contribution is -0.125. The minimum Gasteiger partial charge on any atom is -0.512 e. The molecule has 8 heteroatoms. The Hall–Kier alpha value is -2.74. The fourth-order valence-corrected chi connectivity index (χ4v) is 3.29. The Bertz CT molecular complexity index is 767. The number of guanidine groups is 1. The number of hydrazone groups is 1. The highest BCUT2D eigenvalue weighted by Crippen LogP contribution is 2.27. The minimum absolute atomic E-state index is 0.0449. The van der Waals surface area contributed by atoms with Crippen LogP contribution in [0.15, 0.2) is 41.2 Å². The molecular formula is C21H30N4O4. The van der Waals surface area contributed by atoms with Gasteiger partial charge in [-0.3, -0.25) is 15.5 Å². The van der Waals surface area contributed by atoms with Crippen LogP contribution in [-0.4, -0.2) is 36.8 Å². The van der Waals surface area contributed by atoms with Crippen LogP contribution in [0.4, 0.5) is 0 Å². The second kappa shape index (κ2) is 9.17. The van der Waals surface area contributed by atoms with Crippen LogP contribution in [0.2, 0.25) is 0 Å². The average molecular weight is 402 g/mol. The number of ether oxygens (including phenoxy) is 2. The quantitative estimate of drug-likeness (QED) is 0.545. The molecule has 0 spiro atoms. The van der Waals surface area contributed by atoms with Crippen molar-refractivity contribution in [1.82, 2.24) is 16.1 Å². The van der Waals surface area contributed by atoms with Crippen LogP contribution in [0.3, 0.4) is 0 Å². The summed E-state index contributed by atoms with van der Waals surface area (Å²) in [7, 11) is 0. The number of nitrogens with one attached hydrogen (secondary N) is 3. The Morgan fingerprint density at radius 2 is 2.03 bits per heavy atom. The van der Waals surface area contributed by atoms with Gasteiger partial charge in [0.15, 0.2) is 0 Å². The van der Waals surface area contributed by atoms with Crippen LogP contribution in [0.1, 0.15) is 45.3 Å². The van der Waals surface area contributed by atoms with Crippen molar-refractivity contribution in [2.45, 2.75) is 39.8 Å². The number of aliphatic hydroxyl groups is 1. The molecule has 0 saturated carbocycles. The Balaban J connectivity index is 1.56. The molecule has 2 heterocycles. The van der Waals surface area contributed by atoms with E-state index >= 15 is 0 Å². The van der Waals surface area contributed by atoms with E-state index in [1.807, 2.05) is 31.2 Å². The van der Waals surface area contributed by atoms with E-state index in [4.69, 9.17) is 9.47 Å². The molecule has 0 aliphatic carbocycles. The molecule has 1 aromatic carbocycles. The number of nitrogens with zero attached hydrogens (tertiary/aromatic N) is 1. The molecule has 29 heavy (non-hydrogen) atoms. The zero-order valence-electron chi connectivity index (χ0n) is 17.2. The second-order valence-electron chi connectivity index (χ2n) is 7.80. The fraction of sp³-hybridized carbons (Fsp3) is 0.524. The number of hydrogen-bond donors (Lipinski definition) is 4. The number of carbonyl (C=O) groups is 1. The van der Waals surface area contributed by atoms with E-state index in [2.05, 4.69) is 21.2 Å². The zero-order chi connectivity index (χ0) is 20.9. The molecule has 158 valence electrons. The van der Waals surface area contributed by atoms with Gasteiger partial charge in [-0.25, -0.2) is 0 Å². The van der Waals surface area contributed by atoms with Gasteiger partial charge in [-0.05, 0) is 57.4 Å². The molecule has 8 nitrogen and oxygen atoms in total. The molecule has 2 aliphatic rings. The summed E-state index contributed by atoms with van der Waals surface area (Å²) in [6.45, 7) is 7.36. The number of rotatable bonds is 6. The van der Waals surface area contributed by atoms with Gasteiger partial charge in [0, 0.05) is 19.1 Å². The summed E-state index contributed by atoms with van der Waals surface area (Å²) in [4.78, 5) is 12.7. The fourth-order valence-electron chi connectivity index (χ4n) is 3.29. The van der Waals surface area contributed by atoms with Crippen molar-refractivity contribution in [1.29, 1.82) is 0 Å². The number of carbonyl (C=O) groups excluding carboxylic acids is 1. The second-order valence-corrected chi connectivity index (χ2v) is 7.80. The lowest BCUT2D eigenvalue weighted by Gasteiger charge is -2.25. The third-order valence-electron chi connectivity index (χ3n) is 5.08.